The summed E-state index contributed by atoms with van der Waals surface area (Å²) in [6.07, 6.45) is 0.459. The van der Waals surface area contributed by atoms with Gasteiger partial charge in [-0.15, -0.1) is 0 Å². The highest BCUT2D eigenvalue weighted by Crippen LogP contribution is 2.32. The fourth-order valence-electron chi connectivity index (χ4n) is 3.85. The monoisotopic (exact) mass is 550 g/mol. The Morgan fingerprint density at radius 2 is 1.86 bits per heavy atom. The van der Waals surface area contributed by atoms with E-state index in [9.17, 15) is 14.4 Å². The Labute approximate surface area is 212 Å². The molecule has 35 heavy (non-hydrogen) atoms. The number of ether oxygens (including phenoxy) is 3. The van der Waals surface area contributed by atoms with Gasteiger partial charge in [0, 0.05) is 23.5 Å². The molecule has 1 aliphatic heterocycles. The first kappa shape index (κ1) is 26.5. The largest absolute Gasteiger partial charge is 0.494 e. The van der Waals surface area contributed by atoms with E-state index in [2.05, 4.69) is 21.0 Å². The lowest BCUT2D eigenvalue weighted by molar-refractivity contribution is 0.0182. The molecule has 0 unspecified atom stereocenters. The molecule has 190 valence electrons. The smallest absolute Gasteiger partial charge is 0.410 e. The van der Waals surface area contributed by atoms with Crippen LogP contribution in [0.5, 0.6) is 5.75 Å². The molecule has 0 radical (unpaired) electrons. The number of nitrogens with zero attached hydrogens (tertiary/aromatic N) is 3. The number of hydrogen-bond acceptors (Lipinski definition) is 8. The van der Waals surface area contributed by atoms with E-state index < -0.39 is 23.6 Å². The fourth-order valence-corrected chi connectivity index (χ4v) is 4.19. The van der Waals surface area contributed by atoms with Gasteiger partial charge in [0.1, 0.15) is 17.0 Å². The average Bonchev–Trinajstić information content (AvgIpc) is 3.14. The van der Waals surface area contributed by atoms with Crippen molar-refractivity contribution in [1.82, 2.24) is 14.7 Å². The summed E-state index contributed by atoms with van der Waals surface area (Å²) in [5.41, 5.74) is 6.05. The predicted molar refractivity (Wildman–Crippen MR) is 133 cm³/mol. The van der Waals surface area contributed by atoms with E-state index in [4.69, 9.17) is 19.9 Å². The van der Waals surface area contributed by atoms with Crippen LogP contribution in [-0.2, 0) is 9.47 Å². The summed E-state index contributed by atoms with van der Waals surface area (Å²) in [4.78, 5) is 40.2. The summed E-state index contributed by atoms with van der Waals surface area (Å²) in [6, 6.07) is 5.18. The number of Topliss-reactive ketones (excluding diaryl/α,β-unsaturated/α-hetero) is 1. The molecule has 2 heterocycles. The lowest BCUT2D eigenvalue weighted by atomic mass is 9.90. The third-order valence-electron chi connectivity index (χ3n) is 5.51. The van der Waals surface area contributed by atoms with Crippen molar-refractivity contribution in [1.29, 1.82) is 0 Å². The summed E-state index contributed by atoms with van der Waals surface area (Å²) >= 11 is 3.39. The number of likely N-dealkylation sites (tertiary alicyclic amines) is 1. The number of halogens is 1. The van der Waals surface area contributed by atoms with E-state index in [-0.39, 0.29) is 29.5 Å². The van der Waals surface area contributed by atoms with Crippen LogP contribution in [0.4, 0.5) is 10.5 Å². The molecule has 2 aromatic rings. The summed E-state index contributed by atoms with van der Waals surface area (Å²) in [6.45, 7) is 7.98. The third kappa shape index (κ3) is 5.95. The van der Waals surface area contributed by atoms with E-state index in [0.29, 0.717) is 37.4 Å². The number of methoxy groups -OCH3 is 1. The highest BCUT2D eigenvalue weighted by molar-refractivity contribution is 9.10. The quantitative estimate of drug-likeness (QED) is 0.418. The van der Waals surface area contributed by atoms with E-state index in [1.807, 2.05) is 20.8 Å². The van der Waals surface area contributed by atoms with Gasteiger partial charge in [-0.1, -0.05) is 15.9 Å². The maximum Gasteiger partial charge on any atom is 0.410 e. The minimum Gasteiger partial charge on any atom is -0.494 e. The van der Waals surface area contributed by atoms with Gasteiger partial charge in [-0.3, -0.25) is 4.79 Å². The van der Waals surface area contributed by atoms with Gasteiger partial charge in [-0.05, 0) is 58.7 Å². The van der Waals surface area contributed by atoms with Gasteiger partial charge >= 0.3 is 12.1 Å². The SMILES string of the molecule is CCOC(=O)c1c(N)c(C(=O)C2CCN(C(=O)OC(C)(C)C)CC2)nn1-c1ccc(Br)cc1OC. The van der Waals surface area contributed by atoms with E-state index >= 15 is 0 Å². The van der Waals surface area contributed by atoms with Crippen LogP contribution in [0.3, 0.4) is 0 Å². The van der Waals surface area contributed by atoms with Crippen LogP contribution in [0.15, 0.2) is 22.7 Å². The molecule has 10 nitrogen and oxygen atoms in total. The predicted octanol–water partition coefficient (Wildman–Crippen LogP) is 4.23. The van der Waals surface area contributed by atoms with Gasteiger partial charge < -0.3 is 24.8 Å². The second-order valence-corrected chi connectivity index (χ2v) is 10.1. The Hall–Kier alpha value is -3.08. The van der Waals surface area contributed by atoms with Gasteiger partial charge in [0.25, 0.3) is 0 Å². The third-order valence-corrected chi connectivity index (χ3v) is 6.00. The number of carbonyl (C=O) groups excluding carboxylic acids is 3. The number of aromatic nitrogens is 2. The molecule has 0 atom stereocenters. The van der Waals surface area contributed by atoms with E-state index in [1.165, 1.54) is 11.8 Å². The minimum atomic E-state index is -0.693. The van der Waals surface area contributed by atoms with Crippen molar-refractivity contribution in [3.63, 3.8) is 0 Å². The van der Waals surface area contributed by atoms with Crippen molar-refractivity contribution in [3.05, 3.63) is 34.1 Å². The number of carbonyl (C=O) groups is 3. The van der Waals surface area contributed by atoms with Gasteiger partial charge in [0.05, 0.1) is 19.4 Å². The zero-order valence-electron chi connectivity index (χ0n) is 20.6. The van der Waals surface area contributed by atoms with Crippen LogP contribution in [0.25, 0.3) is 5.69 Å². The number of benzene rings is 1. The van der Waals surface area contributed by atoms with E-state index in [1.54, 1.807) is 30.0 Å². The van der Waals surface area contributed by atoms with Crippen molar-refractivity contribution in [2.24, 2.45) is 5.92 Å². The molecule has 1 aliphatic rings. The number of amides is 1. The van der Waals surface area contributed by atoms with Crippen LogP contribution in [0, 0.1) is 5.92 Å². The molecule has 1 aromatic heterocycles. The highest BCUT2D eigenvalue weighted by atomic mass is 79.9. The van der Waals surface area contributed by atoms with Gasteiger partial charge in [0.2, 0.25) is 0 Å². The first-order valence-corrected chi connectivity index (χ1v) is 12.2. The minimum absolute atomic E-state index is 0.00579. The average molecular weight is 551 g/mol. The highest BCUT2D eigenvalue weighted by Gasteiger charge is 2.35. The molecule has 1 fully saturated rings. The van der Waals surface area contributed by atoms with Crippen molar-refractivity contribution < 1.29 is 28.6 Å². The fraction of sp³-hybridized carbons (Fsp3) is 0.500. The van der Waals surface area contributed by atoms with Gasteiger partial charge in [-0.25, -0.2) is 14.3 Å². The maximum atomic E-state index is 13.4. The first-order valence-electron chi connectivity index (χ1n) is 11.4. The number of nitrogens with two attached hydrogens (primary N) is 1. The number of hydrogen-bond donors (Lipinski definition) is 1. The number of ketones is 1. The maximum absolute atomic E-state index is 13.4. The lowest BCUT2D eigenvalue weighted by Crippen LogP contribution is -2.43. The summed E-state index contributed by atoms with van der Waals surface area (Å²) in [7, 11) is 1.49. The molecule has 0 spiro atoms. The number of piperidine rings is 1. The Morgan fingerprint density at radius 3 is 2.43 bits per heavy atom. The summed E-state index contributed by atoms with van der Waals surface area (Å²) < 4.78 is 18.1. The van der Waals surface area contributed by atoms with Crippen LogP contribution in [0.1, 0.15) is 61.5 Å². The topological polar surface area (TPSA) is 126 Å². The van der Waals surface area contributed by atoms with Crippen molar-refractivity contribution in [2.75, 3.05) is 32.5 Å². The molecular weight excluding hydrogens is 520 g/mol. The Kier molecular flexibility index (Phi) is 8.09. The van der Waals surface area contributed by atoms with Crippen LogP contribution in [-0.4, -0.2) is 64.9 Å². The van der Waals surface area contributed by atoms with Crippen LogP contribution < -0.4 is 10.5 Å². The molecule has 2 N–H and O–H groups in total. The van der Waals surface area contributed by atoms with Gasteiger partial charge in [-0.2, -0.15) is 5.10 Å². The molecule has 1 saturated heterocycles. The number of rotatable bonds is 6. The number of anilines is 1. The normalized spacial score (nSPS) is 14.5. The summed E-state index contributed by atoms with van der Waals surface area (Å²) in [5.74, 6) is -0.953. The number of esters is 1. The molecule has 0 aliphatic carbocycles. The number of nitrogen functional groups attached to an aromatic ring is 1. The van der Waals surface area contributed by atoms with Crippen LogP contribution in [0.2, 0.25) is 0 Å². The molecule has 1 aromatic carbocycles. The van der Waals surface area contributed by atoms with Gasteiger partial charge in [0.15, 0.2) is 17.2 Å². The molecule has 0 saturated carbocycles. The standard InChI is InChI=1S/C24H31BrN4O6/c1-6-34-22(31)20-18(26)19(27-29(20)16-8-7-15(25)13-17(16)33-5)21(30)14-9-11-28(12-10-14)23(32)35-24(2,3)4/h7-8,13-14H,6,9-12,26H2,1-5H3. The first-order chi connectivity index (χ1) is 16.5. The summed E-state index contributed by atoms with van der Waals surface area (Å²) in [5, 5.41) is 4.44. The van der Waals surface area contributed by atoms with Crippen LogP contribution >= 0.6 is 15.9 Å². The van der Waals surface area contributed by atoms with Crippen molar-refractivity contribution >= 4 is 39.5 Å². The Bertz CT molecular complexity index is 1120. The molecule has 11 heteroatoms. The van der Waals surface area contributed by atoms with Crippen molar-refractivity contribution in [3.8, 4) is 11.4 Å². The lowest BCUT2D eigenvalue weighted by Gasteiger charge is -2.32. The van der Waals surface area contributed by atoms with Crippen molar-refractivity contribution in [2.45, 2.75) is 46.1 Å². The molecule has 1 amide bonds. The second-order valence-electron chi connectivity index (χ2n) is 9.17. The Balaban J connectivity index is 1.90. The Morgan fingerprint density at radius 1 is 1.20 bits per heavy atom. The molecule has 0 bridgehead atoms. The van der Waals surface area contributed by atoms with E-state index in [0.717, 1.165) is 4.47 Å². The second kappa shape index (κ2) is 10.7. The zero-order valence-corrected chi connectivity index (χ0v) is 22.2. The molecular formula is C24H31BrN4O6. The molecule has 3 rings (SSSR count). The zero-order chi connectivity index (χ0) is 25.9.